The molecule has 6 nitrogen and oxygen atoms in total. The van der Waals surface area contributed by atoms with E-state index in [1.54, 1.807) is 22.7 Å². The van der Waals surface area contributed by atoms with Crippen LogP contribution in [0.25, 0.3) is 11.0 Å². The van der Waals surface area contributed by atoms with E-state index >= 15 is 0 Å². The molecule has 2 heterocycles. The molecule has 3 aromatic rings. The van der Waals surface area contributed by atoms with Gasteiger partial charge in [0.15, 0.2) is 0 Å². The highest BCUT2D eigenvalue weighted by Crippen LogP contribution is 2.27. The zero-order chi connectivity index (χ0) is 22.0. The maximum absolute atomic E-state index is 13.0. The number of fused-ring (bicyclic) bond motifs is 1. The Labute approximate surface area is 190 Å². The molecule has 2 aromatic carbocycles. The third-order valence-electron chi connectivity index (χ3n) is 5.53. The topological polar surface area (TPSA) is 78.1 Å². The van der Waals surface area contributed by atoms with Crippen molar-refractivity contribution in [2.75, 3.05) is 23.5 Å². The molecular formula is C23H25ClN4O2S. The predicted molar refractivity (Wildman–Crippen MR) is 127 cm³/mol. The molecule has 0 radical (unpaired) electrons. The number of hydrogen-bond acceptors (Lipinski definition) is 4. The summed E-state index contributed by atoms with van der Waals surface area (Å²) in [5.41, 5.74) is 4.04. The molecule has 1 atom stereocenters. The molecule has 0 saturated carbocycles. The third kappa shape index (κ3) is 4.72. The van der Waals surface area contributed by atoms with Crippen LogP contribution < -0.4 is 10.2 Å². The first-order valence-electron chi connectivity index (χ1n) is 10.3. The number of rotatable bonds is 7. The molecule has 0 bridgehead atoms. The molecule has 1 aromatic heterocycles. The Morgan fingerprint density at radius 2 is 2.16 bits per heavy atom. The third-order valence-corrected chi connectivity index (χ3v) is 6.41. The summed E-state index contributed by atoms with van der Waals surface area (Å²) >= 11 is 7.81. The van der Waals surface area contributed by atoms with Gasteiger partial charge in [0, 0.05) is 29.2 Å². The lowest BCUT2D eigenvalue weighted by Gasteiger charge is -2.20. The van der Waals surface area contributed by atoms with Gasteiger partial charge in [-0.05, 0) is 73.7 Å². The van der Waals surface area contributed by atoms with Crippen molar-refractivity contribution >= 4 is 51.9 Å². The van der Waals surface area contributed by atoms with Gasteiger partial charge in [-0.25, -0.2) is 4.98 Å². The van der Waals surface area contributed by atoms with Crippen molar-refractivity contribution in [3.63, 3.8) is 0 Å². The van der Waals surface area contributed by atoms with E-state index in [0.29, 0.717) is 17.0 Å². The number of benzene rings is 2. The largest absolute Gasteiger partial charge is 0.342 e. The van der Waals surface area contributed by atoms with E-state index in [-0.39, 0.29) is 17.9 Å². The number of nitrogens with zero attached hydrogens (tertiary/aromatic N) is 2. The molecule has 1 aliphatic heterocycles. The Bertz CT molecular complexity index is 1130. The molecule has 8 heteroatoms. The number of amides is 2. The van der Waals surface area contributed by atoms with E-state index in [0.717, 1.165) is 53.2 Å². The van der Waals surface area contributed by atoms with Gasteiger partial charge in [0.2, 0.25) is 5.91 Å². The van der Waals surface area contributed by atoms with E-state index in [1.165, 1.54) is 0 Å². The van der Waals surface area contributed by atoms with Crippen molar-refractivity contribution in [1.82, 2.24) is 15.3 Å². The molecule has 4 rings (SSSR count). The first-order chi connectivity index (χ1) is 15.0. The number of aromatic nitrogens is 2. The van der Waals surface area contributed by atoms with E-state index in [9.17, 15) is 9.59 Å². The smallest absolute Gasteiger partial charge is 0.251 e. The number of halogens is 1. The molecule has 2 amide bonds. The summed E-state index contributed by atoms with van der Waals surface area (Å²) in [6, 6.07) is 10.8. The number of hydrogen-bond donors (Lipinski definition) is 2. The second kappa shape index (κ2) is 9.32. The minimum atomic E-state index is -0.244. The van der Waals surface area contributed by atoms with Gasteiger partial charge >= 0.3 is 0 Å². The van der Waals surface area contributed by atoms with Crippen LogP contribution >= 0.6 is 23.4 Å². The Kier molecular flexibility index (Phi) is 6.53. The van der Waals surface area contributed by atoms with Crippen molar-refractivity contribution < 1.29 is 9.59 Å². The number of anilines is 1. The molecule has 1 fully saturated rings. The van der Waals surface area contributed by atoms with Crippen LogP contribution in [0.3, 0.4) is 0 Å². The van der Waals surface area contributed by atoms with Crippen LogP contribution in [0.1, 0.15) is 47.1 Å². The highest BCUT2D eigenvalue weighted by Gasteiger charge is 2.24. The molecule has 1 unspecified atom stereocenters. The Morgan fingerprint density at radius 3 is 2.87 bits per heavy atom. The first-order valence-corrected chi connectivity index (χ1v) is 12.1. The lowest BCUT2D eigenvalue weighted by Crippen LogP contribution is -2.30. The standard InChI is InChI=1S/C23H25ClN4O2S/c1-14-12-15(5-8-20(14)28-10-3-4-21(28)29)23(30)27-18(9-11-31-2)22-25-17-7-6-16(24)13-19(17)26-22/h5-8,12-13,18H,3-4,9-11H2,1-2H3,(H,25,26)(H,27,30). The molecule has 1 saturated heterocycles. The minimum Gasteiger partial charge on any atom is -0.342 e. The van der Waals surface area contributed by atoms with E-state index < -0.39 is 0 Å². The van der Waals surface area contributed by atoms with Crippen LogP contribution in [0, 0.1) is 6.92 Å². The summed E-state index contributed by atoms with van der Waals surface area (Å²) in [4.78, 5) is 34.9. The van der Waals surface area contributed by atoms with Gasteiger partial charge in [-0.3, -0.25) is 9.59 Å². The fourth-order valence-corrected chi connectivity index (χ4v) is 4.56. The average molecular weight is 457 g/mol. The number of nitrogens with one attached hydrogen (secondary N) is 2. The summed E-state index contributed by atoms with van der Waals surface area (Å²) < 4.78 is 0. The summed E-state index contributed by atoms with van der Waals surface area (Å²) in [7, 11) is 0. The van der Waals surface area contributed by atoms with Crippen LogP contribution in [-0.4, -0.2) is 40.3 Å². The molecule has 31 heavy (non-hydrogen) atoms. The SMILES string of the molecule is CSCCC(NC(=O)c1ccc(N2CCCC2=O)c(C)c1)c1nc2cc(Cl)ccc2[nH]1. The van der Waals surface area contributed by atoms with Gasteiger partial charge in [-0.15, -0.1) is 0 Å². The van der Waals surface area contributed by atoms with Crippen LogP contribution in [0.5, 0.6) is 0 Å². The first kappa shape index (κ1) is 21.7. The van der Waals surface area contributed by atoms with Gasteiger partial charge < -0.3 is 15.2 Å². The highest BCUT2D eigenvalue weighted by atomic mass is 35.5. The monoisotopic (exact) mass is 456 g/mol. The Morgan fingerprint density at radius 1 is 1.32 bits per heavy atom. The number of aromatic amines is 1. The predicted octanol–water partition coefficient (Wildman–Crippen LogP) is 4.88. The lowest BCUT2D eigenvalue weighted by molar-refractivity contribution is -0.117. The summed E-state index contributed by atoms with van der Waals surface area (Å²) in [5.74, 6) is 1.59. The van der Waals surface area contributed by atoms with Crippen LogP contribution in [0.4, 0.5) is 5.69 Å². The summed E-state index contributed by atoms with van der Waals surface area (Å²) in [6.45, 7) is 2.67. The highest BCUT2D eigenvalue weighted by molar-refractivity contribution is 7.98. The van der Waals surface area contributed by atoms with Crippen LogP contribution in [0.2, 0.25) is 5.02 Å². The van der Waals surface area contributed by atoms with Crippen molar-refractivity contribution in [3.8, 4) is 0 Å². The van der Waals surface area contributed by atoms with Crippen molar-refractivity contribution in [1.29, 1.82) is 0 Å². The molecule has 0 aliphatic carbocycles. The van der Waals surface area contributed by atoms with Gasteiger partial charge in [-0.2, -0.15) is 11.8 Å². The number of aryl methyl sites for hydroxylation is 1. The number of carbonyl (C=O) groups excluding carboxylic acids is 2. The molecular weight excluding hydrogens is 432 g/mol. The number of thioether (sulfide) groups is 1. The number of H-pyrrole nitrogens is 1. The van der Waals surface area contributed by atoms with Gasteiger partial charge in [-0.1, -0.05) is 11.6 Å². The zero-order valence-electron chi connectivity index (χ0n) is 17.6. The Hall–Kier alpha value is -2.51. The molecule has 2 N–H and O–H groups in total. The van der Waals surface area contributed by atoms with Gasteiger partial charge in [0.05, 0.1) is 17.1 Å². The normalized spacial score (nSPS) is 14.9. The number of carbonyl (C=O) groups is 2. The van der Waals surface area contributed by atoms with Crippen LogP contribution in [0.15, 0.2) is 36.4 Å². The van der Waals surface area contributed by atoms with Crippen molar-refractivity contribution in [3.05, 3.63) is 58.4 Å². The minimum absolute atomic E-state index is 0.141. The maximum Gasteiger partial charge on any atom is 0.251 e. The quantitative estimate of drug-likeness (QED) is 0.531. The second-order valence-corrected chi connectivity index (χ2v) is 9.16. The molecule has 1 aliphatic rings. The summed E-state index contributed by atoms with van der Waals surface area (Å²) in [6.07, 6.45) is 4.25. The van der Waals surface area contributed by atoms with Crippen molar-refractivity contribution in [2.24, 2.45) is 0 Å². The van der Waals surface area contributed by atoms with E-state index in [2.05, 4.69) is 15.3 Å². The van der Waals surface area contributed by atoms with Crippen LogP contribution in [-0.2, 0) is 4.79 Å². The second-order valence-electron chi connectivity index (χ2n) is 7.74. The number of imidazole rings is 1. The van der Waals surface area contributed by atoms with Crippen molar-refractivity contribution in [2.45, 2.75) is 32.2 Å². The zero-order valence-corrected chi connectivity index (χ0v) is 19.1. The van der Waals surface area contributed by atoms with Gasteiger partial charge in [0.25, 0.3) is 5.91 Å². The molecule has 0 spiro atoms. The van der Waals surface area contributed by atoms with E-state index in [1.807, 2.05) is 43.5 Å². The molecule has 162 valence electrons. The summed E-state index contributed by atoms with van der Waals surface area (Å²) in [5, 5.41) is 3.75. The fraction of sp³-hybridized carbons (Fsp3) is 0.348. The average Bonchev–Trinajstić information content (AvgIpc) is 3.36. The fourth-order valence-electron chi connectivity index (χ4n) is 3.92. The Balaban J connectivity index is 1.55. The lowest BCUT2D eigenvalue weighted by atomic mass is 10.1. The van der Waals surface area contributed by atoms with Gasteiger partial charge in [0.1, 0.15) is 5.82 Å². The van der Waals surface area contributed by atoms with E-state index in [4.69, 9.17) is 11.6 Å². The maximum atomic E-state index is 13.0.